The van der Waals surface area contributed by atoms with Gasteiger partial charge in [0.1, 0.15) is 0 Å². The van der Waals surface area contributed by atoms with E-state index in [2.05, 4.69) is 5.32 Å². The van der Waals surface area contributed by atoms with Gasteiger partial charge >= 0.3 is 0 Å². The van der Waals surface area contributed by atoms with Gasteiger partial charge in [0.05, 0.1) is 4.92 Å². The molecule has 0 saturated carbocycles. The van der Waals surface area contributed by atoms with Crippen LogP contribution in [-0.2, 0) is 6.54 Å². The molecule has 0 saturated heterocycles. The number of hydrogen-bond donors (Lipinski definition) is 1. The van der Waals surface area contributed by atoms with Gasteiger partial charge in [0.15, 0.2) is 0 Å². The van der Waals surface area contributed by atoms with E-state index in [9.17, 15) is 10.1 Å². The Morgan fingerprint density at radius 1 is 1.36 bits per heavy atom. The summed E-state index contributed by atoms with van der Waals surface area (Å²) in [5.74, 6) is 0. The molecule has 14 heavy (non-hydrogen) atoms. The molecule has 0 spiro atoms. The first-order chi connectivity index (χ1) is 6.24. The lowest BCUT2D eigenvalue weighted by molar-refractivity contribution is -0.384. The minimum atomic E-state index is -0.392. The maximum Gasteiger partial charge on any atom is 0.269 e. The molecule has 0 bridgehead atoms. The largest absolute Gasteiger partial charge is 0.313 e. The number of rotatable bonds is 4. The smallest absolute Gasteiger partial charge is 0.269 e. The average Bonchev–Trinajstić information content (AvgIpc) is 2.15. The Balaban J connectivity index is 0.00000169. The number of nitro benzene ring substituents is 1. The number of nitrogens with zero attached hydrogens (tertiary/aromatic N) is 1. The molecule has 1 aromatic carbocycles. The molecule has 0 heterocycles. The molecular weight excluding hydrogens is 204 g/mol. The van der Waals surface area contributed by atoms with Gasteiger partial charge in [0.25, 0.3) is 5.69 Å². The highest BCUT2D eigenvalue weighted by Crippen LogP contribution is 2.11. The number of non-ortho nitro benzene ring substituents is 1. The fourth-order valence-corrected chi connectivity index (χ4v) is 1.00. The van der Waals surface area contributed by atoms with Crippen LogP contribution in [0, 0.1) is 10.1 Å². The second kappa shape index (κ2) is 6.34. The highest BCUT2D eigenvalue weighted by Gasteiger charge is 2.02. The number of nitro groups is 1. The van der Waals surface area contributed by atoms with Crippen molar-refractivity contribution in [2.24, 2.45) is 0 Å². The third kappa shape index (κ3) is 3.72. The molecule has 0 radical (unpaired) electrons. The summed E-state index contributed by atoms with van der Waals surface area (Å²) >= 11 is 0. The maximum atomic E-state index is 10.3. The molecule has 5 heteroatoms. The summed E-state index contributed by atoms with van der Waals surface area (Å²) in [6.45, 7) is 3.68. The van der Waals surface area contributed by atoms with Crippen molar-refractivity contribution in [3.05, 3.63) is 39.9 Å². The summed E-state index contributed by atoms with van der Waals surface area (Å²) in [6, 6.07) is 6.57. The summed E-state index contributed by atoms with van der Waals surface area (Å²) < 4.78 is 0. The minimum Gasteiger partial charge on any atom is -0.313 e. The SMILES string of the molecule is CCNCc1ccc([N+](=O)[O-])cc1.Cl. The van der Waals surface area contributed by atoms with Gasteiger partial charge in [-0.1, -0.05) is 19.1 Å². The number of benzene rings is 1. The van der Waals surface area contributed by atoms with E-state index in [0.717, 1.165) is 18.7 Å². The van der Waals surface area contributed by atoms with Gasteiger partial charge in [-0.2, -0.15) is 0 Å². The first-order valence-corrected chi connectivity index (χ1v) is 4.18. The molecule has 0 unspecified atom stereocenters. The number of halogens is 1. The molecule has 0 atom stereocenters. The molecule has 1 aromatic rings. The fraction of sp³-hybridized carbons (Fsp3) is 0.333. The third-order valence-electron chi connectivity index (χ3n) is 1.73. The van der Waals surface area contributed by atoms with Crippen molar-refractivity contribution in [1.82, 2.24) is 5.32 Å². The van der Waals surface area contributed by atoms with Gasteiger partial charge in [0, 0.05) is 18.7 Å². The van der Waals surface area contributed by atoms with E-state index >= 15 is 0 Å². The van der Waals surface area contributed by atoms with E-state index in [1.165, 1.54) is 12.1 Å². The molecule has 78 valence electrons. The van der Waals surface area contributed by atoms with Gasteiger partial charge in [-0.3, -0.25) is 10.1 Å². The Bertz CT molecular complexity index is 287. The van der Waals surface area contributed by atoms with Gasteiger partial charge in [-0.25, -0.2) is 0 Å². The van der Waals surface area contributed by atoms with Crippen LogP contribution in [0.25, 0.3) is 0 Å². The van der Waals surface area contributed by atoms with Crippen LogP contribution >= 0.6 is 12.4 Å². The van der Waals surface area contributed by atoms with Crippen molar-refractivity contribution in [2.45, 2.75) is 13.5 Å². The molecule has 0 aliphatic heterocycles. The van der Waals surface area contributed by atoms with Crippen LogP contribution < -0.4 is 5.32 Å². The van der Waals surface area contributed by atoms with Gasteiger partial charge in [0.2, 0.25) is 0 Å². The van der Waals surface area contributed by atoms with Crippen LogP contribution in [-0.4, -0.2) is 11.5 Å². The monoisotopic (exact) mass is 216 g/mol. The van der Waals surface area contributed by atoms with Gasteiger partial charge < -0.3 is 5.32 Å². The van der Waals surface area contributed by atoms with Crippen molar-refractivity contribution >= 4 is 18.1 Å². The molecule has 0 amide bonds. The van der Waals surface area contributed by atoms with Crippen molar-refractivity contribution in [2.75, 3.05) is 6.54 Å². The number of nitrogens with one attached hydrogen (secondary N) is 1. The lowest BCUT2D eigenvalue weighted by Crippen LogP contribution is -2.11. The molecule has 0 aliphatic rings. The van der Waals surface area contributed by atoms with E-state index in [1.54, 1.807) is 12.1 Å². The molecule has 1 rings (SSSR count). The zero-order chi connectivity index (χ0) is 9.68. The zero-order valence-corrected chi connectivity index (χ0v) is 8.71. The molecular formula is C9H13ClN2O2. The molecule has 0 aromatic heterocycles. The summed E-state index contributed by atoms with van der Waals surface area (Å²) in [7, 11) is 0. The molecule has 0 fully saturated rings. The van der Waals surface area contributed by atoms with Crippen LogP contribution in [0.15, 0.2) is 24.3 Å². The van der Waals surface area contributed by atoms with Gasteiger partial charge in [-0.05, 0) is 12.1 Å². The predicted molar refractivity (Wildman–Crippen MR) is 57.7 cm³/mol. The highest BCUT2D eigenvalue weighted by molar-refractivity contribution is 5.85. The van der Waals surface area contributed by atoms with Crippen LogP contribution in [0.1, 0.15) is 12.5 Å². The van der Waals surface area contributed by atoms with Crippen molar-refractivity contribution in [3.8, 4) is 0 Å². The Morgan fingerprint density at radius 3 is 2.36 bits per heavy atom. The van der Waals surface area contributed by atoms with Crippen LogP contribution in [0.2, 0.25) is 0 Å². The van der Waals surface area contributed by atoms with Gasteiger partial charge in [-0.15, -0.1) is 12.4 Å². The van der Waals surface area contributed by atoms with Crippen LogP contribution in [0.5, 0.6) is 0 Å². The van der Waals surface area contributed by atoms with Crippen molar-refractivity contribution in [1.29, 1.82) is 0 Å². The average molecular weight is 217 g/mol. The van der Waals surface area contributed by atoms with Crippen LogP contribution in [0.4, 0.5) is 5.69 Å². The zero-order valence-electron chi connectivity index (χ0n) is 7.90. The van der Waals surface area contributed by atoms with E-state index in [0.29, 0.717) is 0 Å². The van der Waals surface area contributed by atoms with Crippen molar-refractivity contribution in [3.63, 3.8) is 0 Å². The Labute approximate surface area is 88.9 Å². The minimum absolute atomic E-state index is 0. The maximum absolute atomic E-state index is 10.3. The quantitative estimate of drug-likeness (QED) is 0.620. The lowest BCUT2D eigenvalue weighted by Gasteiger charge is -2.00. The van der Waals surface area contributed by atoms with Crippen molar-refractivity contribution < 1.29 is 4.92 Å². The first kappa shape index (κ1) is 12.9. The Hall–Kier alpha value is -1.13. The van der Waals surface area contributed by atoms with E-state index in [1.807, 2.05) is 6.92 Å². The second-order valence-corrected chi connectivity index (χ2v) is 2.70. The second-order valence-electron chi connectivity index (χ2n) is 2.70. The third-order valence-corrected chi connectivity index (χ3v) is 1.73. The predicted octanol–water partition coefficient (Wildman–Crippen LogP) is 2.13. The Morgan fingerprint density at radius 2 is 1.93 bits per heavy atom. The summed E-state index contributed by atoms with van der Waals surface area (Å²) in [5.41, 5.74) is 1.20. The topological polar surface area (TPSA) is 55.2 Å². The molecule has 0 aliphatic carbocycles. The van der Waals surface area contributed by atoms with E-state index < -0.39 is 4.92 Å². The molecule has 1 N–H and O–H groups in total. The lowest BCUT2D eigenvalue weighted by atomic mass is 10.2. The highest BCUT2D eigenvalue weighted by atomic mass is 35.5. The first-order valence-electron chi connectivity index (χ1n) is 4.18. The normalized spacial score (nSPS) is 9.21. The van der Waals surface area contributed by atoms with E-state index in [-0.39, 0.29) is 18.1 Å². The summed E-state index contributed by atoms with van der Waals surface area (Å²) in [5, 5.41) is 13.5. The fourth-order valence-electron chi connectivity index (χ4n) is 1.00. The summed E-state index contributed by atoms with van der Waals surface area (Å²) in [6.07, 6.45) is 0. The van der Waals surface area contributed by atoms with E-state index in [4.69, 9.17) is 0 Å². The standard InChI is InChI=1S/C9H12N2O2.ClH/c1-2-10-7-8-3-5-9(6-4-8)11(12)13;/h3-6,10H,2,7H2,1H3;1H. The number of hydrogen-bond acceptors (Lipinski definition) is 3. The summed E-state index contributed by atoms with van der Waals surface area (Å²) in [4.78, 5) is 9.92. The Kier molecular flexibility index (Phi) is 5.83. The molecule has 4 nitrogen and oxygen atoms in total. The van der Waals surface area contributed by atoms with Crippen LogP contribution in [0.3, 0.4) is 0 Å².